The molecule has 5 fully saturated rings. The molecule has 0 amide bonds. The van der Waals surface area contributed by atoms with Crippen LogP contribution >= 0.6 is 0 Å². The van der Waals surface area contributed by atoms with Gasteiger partial charge in [-0.05, 0) is 25.7 Å². The zero-order chi connectivity index (χ0) is 31.9. The number of methoxy groups -OCH3 is 1. The van der Waals surface area contributed by atoms with E-state index in [1.165, 1.54) is 7.11 Å². The van der Waals surface area contributed by atoms with Crippen LogP contribution in [0.15, 0.2) is 0 Å². The maximum absolute atomic E-state index is 10.8. The number of ether oxygens (including phenoxy) is 6. The minimum atomic E-state index is -1.65. The molecule has 44 heavy (non-hydrogen) atoms. The Morgan fingerprint density at radius 2 is 1.20 bits per heavy atom. The van der Waals surface area contributed by atoms with Crippen molar-refractivity contribution >= 4 is 0 Å². The molecule has 16 heteroatoms. The highest BCUT2D eigenvalue weighted by Gasteiger charge is 2.56. The number of hydrogen-bond acceptors (Lipinski definition) is 15. The first-order valence-corrected chi connectivity index (χ1v) is 15.5. The molecule has 0 radical (unpaired) electrons. The van der Waals surface area contributed by atoms with Gasteiger partial charge in [-0.25, -0.2) is 0 Å². The first-order valence-electron chi connectivity index (χ1n) is 15.5. The zero-order valence-corrected chi connectivity index (χ0v) is 24.6. The van der Waals surface area contributed by atoms with Crippen molar-refractivity contribution in [3.63, 3.8) is 0 Å². The first-order chi connectivity index (χ1) is 21.0. The van der Waals surface area contributed by atoms with Gasteiger partial charge in [0, 0.05) is 25.9 Å². The summed E-state index contributed by atoms with van der Waals surface area (Å²) in [5, 5.41) is 103. The molecule has 5 aliphatic rings. The molecule has 3 heterocycles. The molecule has 3 aliphatic heterocycles. The van der Waals surface area contributed by atoms with Crippen LogP contribution in [-0.4, -0.2) is 180 Å². The lowest BCUT2D eigenvalue weighted by molar-refractivity contribution is -0.367. The fraction of sp³-hybridized carbons (Fsp3) is 1.00. The summed E-state index contributed by atoms with van der Waals surface area (Å²) in [5.41, 5.74) is 0. The van der Waals surface area contributed by atoms with Gasteiger partial charge in [-0.3, -0.25) is 0 Å². The van der Waals surface area contributed by atoms with Crippen molar-refractivity contribution in [3.05, 3.63) is 0 Å². The molecule has 19 atom stereocenters. The van der Waals surface area contributed by atoms with Gasteiger partial charge in [-0.15, -0.1) is 0 Å². The Morgan fingerprint density at radius 1 is 0.636 bits per heavy atom. The van der Waals surface area contributed by atoms with Crippen LogP contribution in [0.25, 0.3) is 0 Å². The molecule has 0 aromatic heterocycles. The quantitative estimate of drug-likeness (QED) is 0.111. The summed E-state index contributed by atoms with van der Waals surface area (Å²) in [7, 11) is 1.52. The van der Waals surface area contributed by atoms with Crippen LogP contribution in [-0.2, 0) is 23.7 Å². The Kier molecular flexibility index (Phi) is 11.5. The van der Waals surface area contributed by atoms with Crippen molar-refractivity contribution < 1.29 is 79.5 Å². The summed E-state index contributed by atoms with van der Waals surface area (Å²) < 4.78 is 34.3. The zero-order valence-electron chi connectivity index (χ0n) is 24.6. The smallest absolute Gasteiger partial charge is 0.187 e. The summed E-state index contributed by atoms with van der Waals surface area (Å²) in [6.07, 6.45) is -17.0. The third-order valence-corrected chi connectivity index (χ3v) is 10.1. The SMILES string of the molecule is COC1CC(C2[OH+]C3CC(O)CC(O[C@@H]4O[C@H](CO)[C@H](O)[C@@H](O)[C@H]4O)C3CC2O[C@@H]2O[C@H](CO)[C@H](O)[C@@H](O)[C@H]2O)CCC1O. The lowest BCUT2D eigenvalue weighted by Gasteiger charge is -2.50. The van der Waals surface area contributed by atoms with E-state index in [9.17, 15) is 51.1 Å². The molecule has 256 valence electrons. The molecule has 0 bridgehead atoms. The Bertz CT molecular complexity index is 911. The van der Waals surface area contributed by atoms with Crippen molar-refractivity contribution in [1.29, 1.82) is 0 Å². The summed E-state index contributed by atoms with van der Waals surface area (Å²) in [6, 6.07) is 0. The highest BCUT2D eigenvalue weighted by atomic mass is 16.7. The van der Waals surface area contributed by atoms with Gasteiger partial charge in [0.05, 0.1) is 43.5 Å². The molecular weight excluding hydrogens is 592 g/mol. The summed E-state index contributed by atoms with van der Waals surface area (Å²) in [6.45, 7) is -1.26. The van der Waals surface area contributed by atoms with Gasteiger partial charge < -0.3 is 79.5 Å². The van der Waals surface area contributed by atoms with Crippen LogP contribution in [0.1, 0.15) is 38.5 Å². The van der Waals surface area contributed by atoms with Crippen molar-refractivity contribution in [2.24, 2.45) is 11.8 Å². The van der Waals surface area contributed by atoms with E-state index in [1.807, 2.05) is 0 Å². The third-order valence-electron chi connectivity index (χ3n) is 10.1. The van der Waals surface area contributed by atoms with E-state index in [4.69, 9.17) is 28.4 Å². The van der Waals surface area contributed by atoms with Gasteiger partial charge in [0.15, 0.2) is 24.8 Å². The normalized spacial score (nSPS) is 53.7. The summed E-state index contributed by atoms with van der Waals surface area (Å²) in [5.74, 6) is -0.535. The molecule has 2 aliphatic carbocycles. The van der Waals surface area contributed by atoms with Gasteiger partial charge in [0.1, 0.15) is 54.9 Å². The van der Waals surface area contributed by atoms with E-state index in [0.29, 0.717) is 25.7 Å². The minimum absolute atomic E-state index is 0.122. The van der Waals surface area contributed by atoms with Crippen LogP contribution < -0.4 is 0 Å². The molecule has 0 aromatic rings. The second-order valence-corrected chi connectivity index (χ2v) is 12.9. The van der Waals surface area contributed by atoms with Crippen molar-refractivity contribution in [3.8, 4) is 0 Å². The van der Waals surface area contributed by atoms with E-state index in [1.54, 1.807) is 0 Å². The van der Waals surface area contributed by atoms with Gasteiger partial charge in [0.2, 0.25) is 0 Å². The van der Waals surface area contributed by atoms with E-state index in [-0.39, 0.29) is 18.8 Å². The molecular formula is C28H49O16+. The molecule has 16 nitrogen and oxygen atoms in total. The largest absolute Gasteiger partial charge is 0.427 e. The molecule has 11 N–H and O–H groups in total. The predicted molar refractivity (Wildman–Crippen MR) is 145 cm³/mol. The van der Waals surface area contributed by atoms with Gasteiger partial charge in [0.25, 0.3) is 0 Å². The summed E-state index contributed by atoms with van der Waals surface area (Å²) in [4.78, 5) is 0. The molecule has 2 saturated carbocycles. The van der Waals surface area contributed by atoms with Crippen LogP contribution in [0.5, 0.6) is 0 Å². The van der Waals surface area contributed by atoms with Crippen LogP contribution in [0, 0.1) is 11.8 Å². The van der Waals surface area contributed by atoms with Crippen molar-refractivity contribution in [2.75, 3.05) is 20.3 Å². The highest BCUT2D eigenvalue weighted by molar-refractivity contribution is 5.00. The number of fused-ring (bicyclic) bond motifs is 1. The topological polar surface area (TPSA) is 261 Å². The number of aliphatic hydroxyl groups excluding tert-OH is 10. The Hall–Kier alpha value is -0.640. The van der Waals surface area contributed by atoms with E-state index >= 15 is 0 Å². The maximum Gasteiger partial charge on any atom is 0.187 e. The maximum atomic E-state index is 10.8. The molecule has 9 unspecified atom stereocenters. The number of hydrogen-bond donors (Lipinski definition) is 10. The molecule has 0 spiro atoms. The van der Waals surface area contributed by atoms with Gasteiger partial charge in [-0.2, -0.15) is 0 Å². The minimum Gasteiger partial charge on any atom is -0.427 e. The highest BCUT2D eigenvalue weighted by Crippen LogP contribution is 2.44. The van der Waals surface area contributed by atoms with E-state index < -0.39 is 123 Å². The number of aliphatic hydroxyl groups is 12. The van der Waals surface area contributed by atoms with Crippen LogP contribution in [0.3, 0.4) is 0 Å². The predicted octanol–water partition coefficient (Wildman–Crippen LogP) is -5.03. The second-order valence-electron chi connectivity index (χ2n) is 12.9. The van der Waals surface area contributed by atoms with Crippen LogP contribution in [0.4, 0.5) is 0 Å². The van der Waals surface area contributed by atoms with Gasteiger partial charge >= 0.3 is 0 Å². The third kappa shape index (κ3) is 6.96. The van der Waals surface area contributed by atoms with Crippen LogP contribution in [0.2, 0.25) is 0 Å². The Labute approximate surface area is 254 Å². The molecule has 5 rings (SSSR count). The molecule has 0 aromatic carbocycles. The van der Waals surface area contributed by atoms with Crippen molar-refractivity contribution in [1.82, 2.24) is 0 Å². The average molecular weight is 642 g/mol. The Morgan fingerprint density at radius 3 is 1.75 bits per heavy atom. The van der Waals surface area contributed by atoms with E-state index in [0.717, 1.165) is 0 Å². The lowest BCUT2D eigenvalue weighted by Crippen LogP contribution is -2.64. The first kappa shape index (κ1) is 34.7. The average Bonchev–Trinajstić information content (AvgIpc) is 3.01. The van der Waals surface area contributed by atoms with E-state index in [2.05, 4.69) is 0 Å². The van der Waals surface area contributed by atoms with Crippen molar-refractivity contribution in [2.45, 2.75) is 143 Å². The monoisotopic (exact) mass is 641 g/mol. The standard InChI is InChI=1S/C28H48O16/c1-39-16-4-10(2-3-13(16)32)26-17(42-28-25(38)23(36)21(34)19(9-30)44-28)7-12-14(40-26)5-11(31)6-15(12)41-27-24(37)22(35)20(33)18(8-29)43-27/h10-38H,2-9H2,1H3/p+1/t10?,11?,12?,13?,14?,15?,16?,17?,18-,19-,20+,21+,22-,23-,24-,25-,26?,27-,28-/m1/s1. The number of rotatable bonds is 8. The summed E-state index contributed by atoms with van der Waals surface area (Å²) >= 11 is 0. The lowest BCUT2D eigenvalue weighted by atomic mass is 9.72. The fourth-order valence-electron chi connectivity index (χ4n) is 7.58. The fourth-order valence-corrected chi connectivity index (χ4v) is 7.58. The second kappa shape index (κ2) is 14.6. The Balaban J connectivity index is 1.39. The molecule has 3 saturated heterocycles. The van der Waals surface area contributed by atoms with Gasteiger partial charge in [-0.1, -0.05) is 0 Å².